The van der Waals surface area contributed by atoms with E-state index in [4.69, 9.17) is 0 Å². The van der Waals surface area contributed by atoms with Crippen molar-refractivity contribution in [1.82, 2.24) is 10.2 Å². The molecule has 1 saturated carbocycles. The van der Waals surface area contributed by atoms with Gasteiger partial charge >= 0.3 is 5.97 Å². The fraction of sp³-hybridized carbons (Fsp3) is 0.938. The molecule has 2 N–H and O–H groups in total. The van der Waals surface area contributed by atoms with E-state index in [9.17, 15) is 9.90 Å². The highest BCUT2D eigenvalue weighted by atomic mass is 16.4. The van der Waals surface area contributed by atoms with Gasteiger partial charge in [0, 0.05) is 19.1 Å². The minimum absolute atomic E-state index is 0.441. The van der Waals surface area contributed by atoms with Crippen molar-refractivity contribution in [2.45, 2.75) is 64.5 Å². The molecule has 0 aromatic rings. The zero-order valence-corrected chi connectivity index (χ0v) is 13.2. The summed E-state index contributed by atoms with van der Waals surface area (Å²) in [5, 5.41) is 13.0. The van der Waals surface area contributed by atoms with E-state index in [1.807, 2.05) is 0 Å². The lowest BCUT2D eigenvalue weighted by molar-refractivity contribution is -0.147. The highest BCUT2D eigenvalue weighted by Crippen LogP contribution is 2.35. The molecule has 4 atom stereocenters. The van der Waals surface area contributed by atoms with Crippen molar-refractivity contribution < 1.29 is 9.90 Å². The number of hydrogen-bond donors (Lipinski definition) is 2. The van der Waals surface area contributed by atoms with Crippen molar-refractivity contribution in [3.05, 3.63) is 0 Å². The Morgan fingerprint density at radius 2 is 2.00 bits per heavy atom. The molecule has 1 aliphatic carbocycles. The number of nitrogens with one attached hydrogen (secondary N) is 1. The van der Waals surface area contributed by atoms with E-state index < -0.39 is 11.5 Å². The van der Waals surface area contributed by atoms with Gasteiger partial charge in [0.15, 0.2) is 0 Å². The van der Waals surface area contributed by atoms with Crippen LogP contribution in [0.3, 0.4) is 0 Å². The molecule has 0 amide bonds. The minimum Gasteiger partial charge on any atom is -0.480 e. The summed E-state index contributed by atoms with van der Waals surface area (Å²) in [5.41, 5.74) is -0.687. The molecule has 1 saturated heterocycles. The van der Waals surface area contributed by atoms with E-state index in [-0.39, 0.29) is 0 Å². The predicted molar refractivity (Wildman–Crippen MR) is 80.8 cm³/mol. The Balaban J connectivity index is 2.04. The summed E-state index contributed by atoms with van der Waals surface area (Å²) in [6.45, 7) is 9.78. The highest BCUT2D eigenvalue weighted by molar-refractivity contribution is 5.79. The number of hydrogen-bond acceptors (Lipinski definition) is 3. The summed E-state index contributed by atoms with van der Waals surface area (Å²) in [6.07, 6.45) is 4.70. The molecular weight excluding hydrogens is 252 g/mol. The monoisotopic (exact) mass is 282 g/mol. The zero-order valence-electron chi connectivity index (χ0n) is 13.2. The molecule has 2 rings (SSSR count). The van der Waals surface area contributed by atoms with Gasteiger partial charge in [0.2, 0.25) is 0 Å². The van der Waals surface area contributed by atoms with E-state index in [1.54, 1.807) is 0 Å². The van der Waals surface area contributed by atoms with Crippen LogP contribution in [-0.2, 0) is 4.79 Å². The number of aliphatic carboxylic acids is 1. The average Bonchev–Trinajstić information content (AvgIpc) is 2.76. The topological polar surface area (TPSA) is 52.6 Å². The van der Waals surface area contributed by atoms with Gasteiger partial charge in [-0.1, -0.05) is 20.8 Å². The Morgan fingerprint density at radius 3 is 2.55 bits per heavy atom. The molecule has 2 aliphatic rings. The lowest BCUT2D eigenvalue weighted by atomic mass is 9.78. The Bertz CT molecular complexity index is 337. The second-order valence-electron chi connectivity index (χ2n) is 6.97. The van der Waals surface area contributed by atoms with Gasteiger partial charge in [-0.3, -0.25) is 9.69 Å². The average molecular weight is 282 g/mol. The maximum atomic E-state index is 11.8. The Morgan fingerprint density at radius 1 is 1.35 bits per heavy atom. The highest BCUT2D eigenvalue weighted by Gasteiger charge is 2.45. The van der Waals surface area contributed by atoms with Gasteiger partial charge in [0.25, 0.3) is 0 Å². The maximum Gasteiger partial charge on any atom is 0.323 e. The van der Waals surface area contributed by atoms with Crippen LogP contribution in [0.1, 0.15) is 52.9 Å². The summed E-state index contributed by atoms with van der Waals surface area (Å²) in [6, 6.07) is 0.441. The van der Waals surface area contributed by atoms with E-state index in [0.717, 1.165) is 63.6 Å². The van der Waals surface area contributed by atoms with Crippen LogP contribution in [-0.4, -0.2) is 47.2 Å². The van der Waals surface area contributed by atoms with Crippen LogP contribution in [0.25, 0.3) is 0 Å². The van der Waals surface area contributed by atoms with Crippen LogP contribution in [0, 0.1) is 11.8 Å². The summed E-state index contributed by atoms with van der Waals surface area (Å²) >= 11 is 0. The van der Waals surface area contributed by atoms with Gasteiger partial charge in [0.05, 0.1) is 0 Å². The van der Waals surface area contributed by atoms with E-state index in [1.165, 1.54) is 0 Å². The van der Waals surface area contributed by atoms with Crippen LogP contribution in [0.5, 0.6) is 0 Å². The molecule has 4 heteroatoms. The third-order valence-electron chi connectivity index (χ3n) is 5.38. The predicted octanol–water partition coefficient (Wildman–Crippen LogP) is 2.34. The van der Waals surface area contributed by atoms with Crippen LogP contribution < -0.4 is 5.32 Å². The standard InChI is InChI=1S/C16H30N2O2/c1-4-8-17-16(15(19)20)7-5-6-14(9-16)18-10-12(2)13(3)11-18/h12-14,17H,4-11H2,1-3H3,(H,19,20). The quantitative estimate of drug-likeness (QED) is 0.812. The van der Waals surface area contributed by atoms with E-state index >= 15 is 0 Å². The van der Waals surface area contributed by atoms with Gasteiger partial charge in [-0.15, -0.1) is 0 Å². The largest absolute Gasteiger partial charge is 0.480 e. The fourth-order valence-electron chi connectivity index (χ4n) is 3.82. The molecule has 1 heterocycles. The van der Waals surface area contributed by atoms with Gasteiger partial charge in [0.1, 0.15) is 5.54 Å². The number of carbonyl (C=O) groups is 1. The fourth-order valence-corrected chi connectivity index (χ4v) is 3.82. The van der Waals surface area contributed by atoms with Gasteiger partial charge in [-0.25, -0.2) is 0 Å². The van der Waals surface area contributed by atoms with Crippen LogP contribution in [0.2, 0.25) is 0 Å². The zero-order chi connectivity index (χ0) is 14.8. The first-order valence-electron chi connectivity index (χ1n) is 8.21. The minimum atomic E-state index is -0.687. The Labute approximate surface area is 122 Å². The molecule has 4 unspecified atom stereocenters. The van der Waals surface area contributed by atoms with Crippen molar-refractivity contribution in [3.8, 4) is 0 Å². The molecule has 0 spiro atoms. The number of carboxylic acids is 1. The summed E-state index contributed by atoms with van der Waals surface area (Å²) in [5.74, 6) is 0.815. The summed E-state index contributed by atoms with van der Waals surface area (Å²) in [7, 11) is 0. The maximum absolute atomic E-state index is 11.8. The number of rotatable bonds is 5. The van der Waals surface area contributed by atoms with Crippen molar-refractivity contribution in [2.75, 3.05) is 19.6 Å². The first-order chi connectivity index (χ1) is 9.48. The summed E-state index contributed by atoms with van der Waals surface area (Å²) in [4.78, 5) is 14.3. The Hall–Kier alpha value is -0.610. The smallest absolute Gasteiger partial charge is 0.323 e. The van der Waals surface area contributed by atoms with Gasteiger partial charge in [-0.2, -0.15) is 0 Å². The van der Waals surface area contributed by atoms with E-state index in [2.05, 4.69) is 31.0 Å². The molecular formula is C16H30N2O2. The van der Waals surface area contributed by atoms with E-state index in [0.29, 0.717) is 6.04 Å². The lowest BCUT2D eigenvalue weighted by Crippen LogP contribution is -2.58. The van der Waals surface area contributed by atoms with Gasteiger partial charge in [-0.05, 0) is 50.5 Å². The molecule has 0 aromatic carbocycles. The first-order valence-corrected chi connectivity index (χ1v) is 8.21. The molecule has 2 fully saturated rings. The first kappa shape index (κ1) is 15.8. The molecule has 0 radical (unpaired) electrons. The number of nitrogens with zero attached hydrogens (tertiary/aromatic N) is 1. The van der Waals surface area contributed by atoms with Crippen molar-refractivity contribution in [2.24, 2.45) is 11.8 Å². The molecule has 116 valence electrons. The second-order valence-corrected chi connectivity index (χ2v) is 6.97. The normalized spacial score (nSPS) is 39.0. The second kappa shape index (κ2) is 6.44. The van der Waals surface area contributed by atoms with Crippen molar-refractivity contribution >= 4 is 5.97 Å². The molecule has 20 heavy (non-hydrogen) atoms. The van der Waals surface area contributed by atoms with Gasteiger partial charge < -0.3 is 10.4 Å². The van der Waals surface area contributed by atoms with Crippen LogP contribution in [0.15, 0.2) is 0 Å². The number of carboxylic acid groups (broad SMARTS) is 1. The third kappa shape index (κ3) is 3.17. The lowest BCUT2D eigenvalue weighted by Gasteiger charge is -2.42. The molecule has 0 aromatic heterocycles. The molecule has 1 aliphatic heterocycles. The van der Waals surface area contributed by atoms with Crippen LogP contribution >= 0.6 is 0 Å². The van der Waals surface area contributed by atoms with Crippen molar-refractivity contribution in [3.63, 3.8) is 0 Å². The number of likely N-dealkylation sites (tertiary alicyclic amines) is 1. The summed E-state index contributed by atoms with van der Waals surface area (Å²) < 4.78 is 0. The third-order valence-corrected chi connectivity index (χ3v) is 5.38. The molecule has 0 bridgehead atoms. The Kier molecular flexibility index (Phi) is 5.08. The SMILES string of the molecule is CCCNC1(C(=O)O)CCCC(N2CC(C)C(C)C2)C1. The van der Waals surface area contributed by atoms with Crippen LogP contribution in [0.4, 0.5) is 0 Å². The van der Waals surface area contributed by atoms with Crippen molar-refractivity contribution in [1.29, 1.82) is 0 Å². The molecule has 4 nitrogen and oxygen atoms in total.